The molecule has 0 aromatic carbocycles. The third-order valence-corrected chi connectivity index (χ3v) is 4.53. The van der Waals surface area contributed by atoms with Crippen molar-refractivity contribution in [2.24, 2.45) is 0 Å². The minimum atomic E-state index is 0.509. The summed E-state index contributed by atoms with van der Waals surface area (Å²) in [5, 5.41) is 8.26. The zero-order valence-corrected chi connectivity index (χ0v) is 15.1. The van der Waals surface area contributed by atoms with Gasteiger partial charge in [-0.05, 0) is 69.8 Å². The van der Waals surface area contributed by atoms with Gasteiger partial charge in [0.25, 0.3) is 0 Å². The maximum atomic E-state index is 4.59. The second-order valence-electron chi connectivity index (χ2n) is 5.61. The van der Waals surface area contributed by atoms with Crippen molar-refractivity contribution >= 4 is 15.9 Å². The first-order valence-electron chi connectivity index (χ1n) is 7.59. The molecule has 1 rings (SSSR count). The Bertz CT molecular complexity index is 401. The predicted octanol–water partition coefficient (Wildman–Crippen LogP) is 2.84. The minimum Gasteiger partial charge on any atom is -0.314 e. The Hall–Kier alpha value is -0.390. The monoisotopic (exact) mass is 344 g/mol. The normalized spacial score (nSPS) is 13.2. The molecule has 1 unspecified atom stereocenters. The molecular formula is C15H29BrN4. The number of nitrogens with zero attached hydrogens (tertiary/aromatic N) is 3. The Balaban J connectivity index is 2.77. The SMILES string of the molecule is CCCNC(CCN(C)C)Cc1c(Br)c(C)nn1CC. The molecule has 0 radical (unpaired) electrons. The van der Waals surface area contributed by atoms with Gasteiger partial charge in [-0.2, -0.15) is 5.10 Å². The van der Waals surface area contributed by atoms with E-state index >= 15 is 0 Å². The minimum absolute atomic E-state index is 0.509. The van der Waals surface area contributed by atoms with Crippen LogP contribution >= 0.6 is 15.9 Å². The van der Waals surface area contributed by atoms with Crippen LogP contribution < -0.4 is 5.32 Å². The molecule has 5 heteroatoms. The van der Waals surface area contributed by atoms with Gasteiger partial charge in [0.05, 0.1) is 15.9 Å². The number of aromatic nitrogens is 2. The standard InChI is InChI=1S/C15H29BrN4/c1-6-9-17-13(8-10-19(4)5)11-14-15(16)12(3)18-20(14)7-2/h13,17H,6-11H2,1-5H3. The van der Waals surface area contributed by atoms with Gasteiger partial charge in [-0.1, -0.05) is 6.92 Å². The molecule has 20 heavy (non-hydrogen) atoms. The molecule has 4 nitrogen and oxygen atoms in total. The van der Waals surface area contributed by atoms with Crippen LogP contribution in [0.5, 0.6) is 0 Å². The summed E-state index contributed by atoms with van der Waals surface area (Å²) in [6.45, 7) is 9.54. The van der Waals surface area contributed by atoms with E-state index in [1.807, 2.05) is 0 Å². The molecule has 1 atom stereocenters. The number of nitrogens with one attached hydrogen (secondary N) is 1. The van der Waals surface area contributed by atoms with E-state index < -0.39 is 0 Å². The zero-order valence-electron chi connectivity index (χ0n) is 13.5. The van der Waals surface area contributed by atoms with Gasteiger partial charge in [0.1, 0.15) is 0 Å². The fourth-order valence-electron chi connectivity index (χ4n) is 2.34. The summed E-state index contributed by atoms with van der Waals surface area (Å²) in [6, 6.07) is 0.509. The van der Waals surface area contributed by atoms with E-state index in [0.717, 1.165) is 38.2 Å². The number of rotatable bonds is 9. The summed E-state index contributed by atoms with van der Waals surface area (Å²) in [4.78, 5) is 2.25. The van der Waals surface area contributed by atoms with Gasteiger partial charge in [0.2, 0.25) is 0 Å². The lowest BCUT2D eigenvalue weighted by molar-refractivity contribution is 0.353. The topological polar surface area (TPSA) is 33.1 Å². The largest absolute Gasteiger partial charge is 0.314 e. The summed E-state index contributed by atoms with van der Waals surface area (Å²) in [6.07, 6.45) is 3.36. The quantitative estimate of drug-likeness (QED) is 0.747. The van der Waals surface area contributed by atoms with E-state index in [0.29, 0.717) is 6.04 Å². The second-order valence-corrected chi connectivity index (χ2v) is 6.40. The maximum absolute atomic E-state index is 4.59. The van der Waals surface area contributed by atoms with Crippen molar-refractivity contribution in [3.8, 4) is 0 Å². The lowest BCUT2D eigenvalue weighted by atomic mass is 10.1. The number of halogens is 1. The van der Waals surface area contributed by atoms with Crippen LogP contribution in [-0.4, -0.2) is 47.9 Å². The van der Waals surface area contributed by atoms with Gasteiger partial charge in [-0.15, -0.1) is 0 Å². The third kappa shape index (κ3) is 5.19. The van der Waals surface area contributed by atoms with Crippen molar-refractivity contribution in [3.05, 3.63) is 15.9 Å². The molecule has 0 saturated carbocycles. The van der Waals surface area contributed by atoms with Crippen LogP contribution in [0.25, 0.3) is 0 Å². The second kappa shape index (κ2) is 8.80. The molecule has 1 aromatic rings. The van der Waals surface area contributed by atoms with Crippen LogP contribution in [-0.2, 0) is 13.0 Å². The molecule has 0 aliphatic heterocycles. The highest BCUT2D eigenvalue weighted by atomic mass is 79.9. The van der Waals surface area contributed by atoms with Gasteiger partial charge < -0.3 is 10.2 Å². The number of hydrogen-bond acceptors (Lipinski definition) is 3. The summed E-state index contributed by atoms with van der Waals surface area (Å²) in [7, 11) is 4.26. The average Bonchev–Trinajstić information content (AvgIpc) is 2.68. The molecule has 0 spiro atoms. The first-order valence-corrected chi connectivity index (χ1v) is 8.38. The fourth-order valence-corrected chi connectivity index (χ4v) is 2.78. The summed E-state index contributed by atoms with van der Waals surface area (Å²) >= 11 is 3.70. The molecule has 0 amide bonds. The van der Waals surface area contributed by atoms with Gasteiger partial charge >= 0.3 is 0 Å². The molecule has 0 aliphatic rings. The van der Waals surface area contributed by atoms with Crippen molar-refractivity contribution < 1.29 is 0 Å². The fraction of sp³-hybridized carbons (Fsp3) is 0.800. The highest BCUT2D eigenvalue weighted by molar-refractivity contribution is 9.10. The van der Waals surface area contributed by atoms with Gasteiger partial charge in [-0.25, -0.2) is 0 Å². The molecule has 0 fully saturated rings. The lowest BCUT2D eigenvalue weighted by Crippen LogP contribution is -2.35. The summed E-state index contributed by atoms with van der Waals surface area (Å²) in [5.41, 5.74) is 2.40. The first-order chi connectivity index (χ1) is 9.49. The van der Waals surface area contributed by atoms with Crippen LogP contribution in [0.2, 0.25) is 0 Å². The molecule has 1 heterocycles. The average molecular weight is 345 g/mol. The Morgan fingerprint density at radius 2 is 2.05 bits per heavy atom. The van der Waals surface area contributed by atoms with Crippen molar-refractivity contribution in [1.82, 2.24) is 20.0 Å². The molecule has 0 bridgehead atoms. The van der Waals surface area contributed by atoms with Crippen LogP contribution in [0.1, 0.15) is 38.1 Å². The maximum Gasteiger partial charge on any atom is 0.0738 e. The van der Waals surface area contributed by atoms with E-state index in [-0.39, 0.29) is 0 Å². The third-order valence-electron chi connectivity index (χ3n) is 3.50. The lowest BCUT2D eigenvalue weighted by Gasteiger charge is -2.21. The Morgan fingerprint density at radius 1 is 1.35 bits per heavy atom. The first kappa shape index (κ1) is 17.7. The van der Waals surface area contributed by atoms with Gasteiger partial charge in [0.15, 0.2) is 0 Å². The molecule has 116 valence electrons. The zero-order chi connectivity index (χ0) is 15.1. The molecular weight excluding hydrogens is 316 g/mol. The van der Waals surface area contributed by atoms with Crippen molar-refractivity contribution in [1.29, 1.82) is 0 Å². The Morgan fingerprint density at radius 3 is 2.60 bits per heavy atom. The highest BCUT2D eigenvalue weighted by Crippen LogP contribution is 2.23. The van der Waals surface area contributed by atoms with E-state index in [1.165, 1.54) is 16.6 Å². The van der Waals surface area contributed by atoms with Crippen LogP contribution in [0.4, 0.5) is 0 Å². The summed E-state index contributed by atoms with van der Waals surface area (Å²) in [5.74, 6) is 0. The van der Waals surface area contributed by atoms with E-state index in [4.69, 9.17) is 0 Å². The molecule has 1 aromatic heterocycles. The molecule has 0 aliphatic carbocycles. The number of hydrogen-bond donors (Lipinski definition) is 1. The van der Waals surface area contributed by atoms with Gasteiger partial charge in [0, 0.05) is 19.0 Å². The molecule has 0 saturated heterocycles. The Labute approximate surface area is 132 Å². The van der Waals surface area contributed by atoms with Crippen LogP contribution in [0, 0.1) is 6.92 Å². The smallest absolute Gasteiger partial charge is 0.0738 e. The van der Waals surface area contributed by atoms with Crippen molar-refractivity contribution in [2.45, 2.75) is 52.6 Å². The van der Waals surface area contributed by atoms with E-state index in [1.54, 1.807) is 0 Å². The predicted molar refractivity (Wildman–Crippen MR) is 89.3 cm³/mol. The van der Waals surface area contributed by atoms with Crippen LogP contribution in [0.15, 0.2) is 4.47 Å². The number of aryl methyl sites for hydroxylation is 2. The van der Waals surface area contributed by atoms with E-state index in [2.05, 4.69) is 70.8 Å². The highest BCUT2D eigenvalue weighted by Gasteiger charge is 2.17. The molecule has 1 N–H and O–H groups in total. The van der Waals surface area contributed by atoms with E-state index in [9.17, 15) is 0 Å². The van der Waals surface area contributed by atoms with Crippen molar-refractivity contribution in [3.63, 3.8) is 0 Å². The van der Waals surface area contributed by atoms with Crippen LogP contribution in [0.3, 0.4) is 0 Å². The summed E-state index contributed by atoms with van der Waals surface area (Å²) < 4.78 is 3.29. The van der Waals surface area contributed by atoms with Crippen molar-refractivity contribution in [2.75, 3.05) is 27.2 Å². The van der Waals surface area contributed by atoms with Gasteiger partial charge in [-0.3, -0.25) is 4.68 Å². The Kier molecular flexibility index (Phi) is 7.77.